The fourth-order valence-electron chi connectivity index (χ4n) is 3.97. The van der Waals surface area contributed by atoms with Gasteiger partial charge >= 0.3 is 0 Å². The van der Waals surface area contributed by atoms with Gasteiger partial charge < -0.3 is 8.82 Å². The molecule has 1 aliphatic heterocycles. The van der Waals surface area contributed by atoms with Gasteiger partial charge in [0.1, 0.15) is 5.76 Å². The van der Waals surface area contributed by atoms with Gasteiger partial charge in [-0.1, -0.05) is 12.1 Å². The number of imidazole rings is 1. The van der Waals surface area contributed by atoms with Gasteiger partial charge in [0, 0.05) is 43.8 Å². The maximum atomic E-state index is 5.53. The van der Waals surface area contributed by atoms with Gasteiger partial charge in [0.2, 0.25) is 0 Å². The van der Waals surface area contributed by atoms with Gasteiger partial charge in [0.15, 0.2) is 0 Å². The molecular weight excluding hydrogens is 350 g/mol. The molecule has 5 rings (SSSR count). The SMILES string of the molecule is CN1CCN(Cc2ccco2)C[C@H]1c1ncn2cc(-c3cccnc3)ccc12. The molecule has 1 aliphatic rings. The van der Waals surface area contributed by atoms with Gasteiger partial charge in [-0.05, 0) is 36.9 Å². The van der Waals surface area contributed by atoms with Gasteiger partial charge in [0.25, 0.3) is 0 Å². The second-order valence-electron chi connectivity index (χ2n) is 7.39. The molecule has 142 valence electrons. The Hall–Kier alpha value is -2.96. The fourth-order valence-corrected chi connectivity index (χ4v) is 3.97. The Bertz CT molecular complexity index is 1060. The van der Waals surface area contributed by atoms with Gasteiger partial charge in [-0.3, -0.25) is 14.8 Å². The number of piperazine rings is 1. The third kappa shape index (κ3) is 3.21. The van der Waals surface area contributed by atoms with Crippen LogP contribution in [-0.2, 0) is 6.54 Å². The number of pyridine rings is 2. The molecule has 0 spiro atoms. The Kier molecular flexibility index (Phi) is 4.43. The van der Waals surface area contributed by atoms with Gasteiger partial charge in [-0.15, -0.1) is 0 Å². The molecule has 5 heterocycles. The molecule has 0 amide bonds. The minimum atomic E-state index is 0.262. The van der Waals surface area contributed by atoms with E-state index in [1.54, 1.807) is 12.5 Å². The van der Waals surface area contributed by atoms with Crippen molar-refractivity contribution in [1.29, 1.82) is 0 Å². The third-order valence-corrected chi connectivity index (χ3v) is 5.56. The quantitative estimate of drug-likeness (QED) is 0.548. The van der Waals surface area contributed by atoms with Crippen LogP contribution in [0.25, 0.3) is 16.6 Å². The van der Waals surface area contributed by atoms with E-state index in [2.05, 4.69) is 50.6 Å². The predicted octanol–water partition coefficient (Wildman–Crippen LogP) is 3.48. The summed E-state index contributed by atoms with van der Waals surface area (Å²) in [7, 11) is 2.18. The Balaban J connectivity index is 1.43. The van der Waals surface area contributed by atoms with E-state index in [9.17, 15) is 0 Å². The van der Waals surface area contributed by atoms with Crippen molar-refractivity contribution in [2.45, 2.75) is 12.6 Å². The molecule has 6 nitrogen and oxygen atoms in total. The van der Waals surface area contributed by atoms with Crippen LogP contribution in [0.15, 0.2) is 72.0 Å². The first kappa shape index (κ1) is 17.2. The maximum absolute atomic E-state index is 5.53. The van der Waals surface area contributed by atoms with E-state index in [0.29, 0.717) is 0 Å². The molecule has 0 aliphatic carbocycles. The standard InChI is InChI=1S/C22H23N5O/c1-25-9-10-26(14-19-5-3-11-28-19)15-21(25)22-20-7-6-18(13-27(20)16-24-22)17-4-2-8-23-12-17/h2-8,11-13,16,21H,9-10,14-15H2,1H3/t21-/m0/s1. The normalized spacial score (nSPS) is 18.7. The molecule has 0 bridgehead atoms. The van der Waals surface area contributed by atoms with Gasteiger partial charge in [0.05, 0.1) is 36.4 Å². The lowest BCUT2D eigenvalue weighted by Crippen LogP contribution is -2.46. The molecule has 4 aromatic rings. The van der Waals surface area contributed by atoms with Crippen molar-refractivity contribution in [1.82, 2.24) is 24.2 Å². The molecule has 0 N–H and O–H groups in total. The van der Waals surface area contributed by atoms with Crippen molar-refractivity contribution in [2.24, 2.45) is 0 Å². The number of fused-ring (bicyclic) bond motifs is 1. The van der Waals surface area contributed by atoms with Crippen LogP contribution in [0.5, 0.6) is 0 Å². The molecule has 0 aromatic carbocycles. The van der Waals surface area contributed by atoms with Crippen LogP contribution in [0, 0.1) is 0 Å². The number of likely N-dealkylation sites (N-methyl/N-ethyl adjacent to an activating group) is 1. The summed E-state index contributed by atoms with van der Waals surface area (Å²) in [5.41, 5.74) is 4.54. The van der Waals surface area contributed by atoms with Crippen LogP contribution >= 0.6 is 0 Å². The third-order valence-electron chi connectivity index (χ3n) is 5.56. The zero-order valence-corrected chi connectivity index (χ0v) is 15.9. The van der Waals surface area contributed by atoms with Crippen molar-refractivity contribution in [3.63, 3.8) is 0 Å². The highest BCUT2D eigenvalue weighted by Gasteiger charge is 2.29. The molecule has 4 aromatic heterocycles. The van der Waals surface area contributed by atoms with Crippen molar-refractivity contribution in [3.05, 3.63) is 79.0 Å². The first-order valence-corrected chi connectivity index (χ1v) is 9.60. The van der Waals surface area contributed by atoms with E-state index < -0.39 is 0 Å². The van der Waals surface area contributed by atoms with Gasteiger partial charge in [-0.25, -0.2) is 4.98 Å². The number of aromatic nitrogens is 3. The smallest absolute Gasteiger partial charge is 0.117 e. The lowest BCUT2D eigenvalue weighted by molar-refractivity contribution is 0.0843. The van der Waals surface area contributed by atoms with Crippen molar-refractivity contribution >= 4 is 5.52 Å². The van der Waals surface area contributed by atoms with Crippen LogP contribution in [0.1, 0.15) is 17.5 Å². The summed E-state index contributed by atoms with van der Waals surface area (Å²) in [6.07, 6.45) is 9.48. The topological polar surface area (TPSA) is 49.8 Å². The highest BCUT2D eigenvalue weighted by atomic mass is 16.3. The minimum absolute atomic E-state index is 0.262. The molecule has 6 heteroatoms. The second-order valence-corrected chi connectivity index (χ2v) is 7.39. The Morgan fingerprint density at radius 2 is 2.07 bits per heavy atom. The Labute approximate surface area is 164 Å². The Morgan fingerprint density at radius 1 is 1.11 bits per heavy atom. The first-order valence-electron chi connectivity index (χ1n) is 9.60. The first-order chi connectivity index (χ1) is 13.8. The number of nitrogens with zero attached hydrogens (tertiary/aromatic N) is 5. The predicted molar refractivity (Wildman–Crippen MR) is 108 cm³/mol. The molecular formula is C22H23N5O. The Morgan fingerprint density at radius 3 is 2.89 bits per heavy atom. The summed E-state index contributed by atoms with van der Waals surface area (Å²) in [5.74, 6) is 1.01. The summed E-state index contributed by atoms with van der Waals surface area (Å²) in [4.78, 5) is 13.9. The molecule has 1 fully saturated rings. The average Bonchev–Trinajstić information content (AvgIpc) is 3.39. The van der Waals surface area contributed by atoms with Crippen LogP contribution in [0.4, 0.5) is 0 Å². The lowest BCUT2D eigenvalue weighted by Gasteiger charge is -2.38. The largest absolute Gasteiger partial charge is 0.468 e. The molecule has 1 saturated heterocycles. The van der Waals surface area contributed by atoms with E-state index in [0.717, 1.165) is 54.3 Å². The molecule has 0 unspecified atom stereocenters. The number of hydrogen-bond acceptors (Lipinski definition) is 5. The lowest BCUT2D eigenvalue weighted by atomic mass is 10.1. The van der Waals surface area contributed by atoms with Crippen LogP contribution in [0.2, 0.25) is 0 Å². The van der Waals surface area contributed by atoms with E-state index in [-0.39, 0.29) is 6.04 Å². The summed E-state index contributed by atoms with van der Waals surface area (Å²) >= 11 is 0. The van der Waals surface area contributed by atoms with Crippen LogP contribution < -0.4 is 0 Å². The number of rotatable bonds is 4. The van der Waals surface area contributed by atoms with E-state index in [1.807, 2.05) is 30.7 Å². The van der Waals surface area contributed by atoms with Crippen LogP contribution in [-0.4, -0.2) is 50.9 Å². The van der Waals surface area contributed by atoms with Crippen molar-refractivity contribution in [2.75, 3.05) is 26.7 Å². The summed E-state index contributed by atoms with van der Waals surface area (Å²) in [6.45, 7) is 3.82. The van der Waals surface area contributed by atoms with Crippen molar-refractivity contribution < 1.29 is 4.42 Å². The average molecular weight is 373 g/mol. The molecule has 0 radical (unpaired) electrons. The summed E-state index contributed by atoms with van der Waals surface area (Å²) in [5, 5.41) is 0. The van der Waals surface area contributed by atoms with Crippen molar-refractivity contribution in [3.8, 4) is 11.1 Å². The highest BCUT2D eigenvalue weighted by molar-refractivity contribution is 5.66. The minimum Gasteiger partial charge on any atom is -0.468 e. The zero-order valence-electron chi connectivity index (χ0n) is 15.9. The number of hydrogen-bond donors (Lipinski definition) is 0. The van der Waals surface area contributed by atoms with E-state index in [4.69, 9.17) is 9.40 Å². The molecule has 0 saturated carbocycles. The van der Waals surface area contributed by atoms with Crippen LogP contribution in [0.3, 0.4) is 0 Å². The van der Waals surface area contributed by atoms with Gasteiger partial charge in [-0.2, -0.15) is 0 Å². The molecule has 1 atom stereocenters. The number of furan rings is 1. The monoisotopic (exact) mass is 373 g/mol. The fraction of sp³-hybridized carbons (Fsp3) is 0.273. The van der Waals surface area contributed by atoms with E-state index in [1.165, 1.54) is 0 Å². The maximum Gasteiger partial charge on any atom is 0.117 e. The summed E-state index contributed by atoms with van der Waals surface area (Å²) < 4.78 is 7.66. The highest BCUT2D eigenvalue weighted by Crippen LogP contribution is 2.29. The summed E-state index contributed by atoms with van der Waals surface area (Å²) in [6, 6.07) is 12.6. The zero-order chi connectivity index (χ0) is 18.9. The van der Waals surface area contributed by atoms with E-state index >= 15 is 0 Å². The second kappa shape index (κ2) is 7.22. The molecule has 28 heavy (non-hydrogen) atoms.